The highest BCUT2D eigenvalue weighted by atomic mass is 16.6. The van der Waals surface area contributed by atoms with Crippen molar-refractivity contribution in [1.29, 1.82) is 0 Å². The summed E-state index contributed by atoms with van der Waals surface area (Å²) in [5, 5.41) is 0. The second-order valence-corrected chi connectivity index (χ2v) is 6.56. The molecule has 0 bridgehead atoms. The third-order valence-corrected chi connectivity index (χ3v) is 4.85. The Morgan fingerprint density at radius 2 is 1.96 bits per heavy atom. The molecule has 132 valence electrons. The topological polar surface area (TPSA) is 55.8 Å². The molecule has 5 nitrogen and oxygen atoms in total. The van der Waals surface area contributed by atoms with Gasteiger partial charge in [0.25, 0.3) is 5.91 Å². The van der Waals surface area contributed by atoms with Gasteiger partial charge in [-0.3, -0.25) is 4.79 Å². The highest BCUT2D eigenvalue weighted by Crippen LogP contribution is 2.56. The molecule has 2 fully saturated rings. The highest BCUT2D eigenvalue weighted by Gasteiger charge is 2.63. The van der Waals surface area contributed by atoms with E-state index in [9.17, 15) is 9.59 Å². The molecule has 1 spiro atoms. The summed E-state index contributed by atoms with van der Waals surface area (Å²) in [5.74, 6) is 0.328. The third-order valence-electron chi connectivity index (χ3n) is 4.85. The Morgan fingerprint density at radius 3 is 2.65 bits per heavy atom. The fourth-order valence-electron chi connectivity index (χ4n) is 3.42. The molecule has 2 aromatic rings. The van der Waals surface area contributed by atoms with E-state index in [0.29, 0.717) is 5.75 Å². The van der Waals surface area contributed by atoms with Gasteiger partial charge in [0.05, 0.1) is 7.11 Å². The lowest BCUT2D eigenvalue weighted by Crippen LogP contribution is -2.34. The first-order valence-electron chi connectivity index (χ1n) is 8.56. The van der Waals surface area contributed by atoms with Crippen molar-refractivity contribution in [3.63, 3.8) is 0 Å². The summed E-state index contributed by atoms with van der Waals surface area (Å²) in [6.07, 6.45) is 4.08. The Kier molecular flexibility index (Phi) is 3.99. The molecule has 1 heterocycles. The number of methoxy groups -OCH3 is 1. The second-order valence-electron chi connectivity index (χ2n) is 6.56. The fourth-order valence-corrected chi connectivity index (χ4v) is 3.42. The van der Waals surface area contributed by atoms with E-state index >= 15 is 0 Å². The number of amides is 2. The summed E-state index contributed by atoms with van der Waals surface area (Å²) >= 11 is 0. The molecular weight excluding hydrogens is 330 g/mol. The normalized spacial score (nSPS) is 20.4. The third kappa shape index (κ3) is 2.86. The lowest BCUT2D eigenvalue weighted by atomic mass is 9.99. The van der Waals surface area contributed by atoms with Crippen molar-refractivity contribution in [3.05, 3.63) is 71.8 Å². The molecular formula is C21H19NO4. The van der Waals surface area contributed by atoms with Gasteiger partial charge in [-0.25, -0.2) is 9.69 Å². The number of imide groups is 1. The maximum atomic E-state index is 12.8. The first-order valence-corrected chi connectivity index (χ1v) is 8.56. The Morgan fingerprint density at radius 1 is 1.19 bits per heavy atom. The largest absolute Gasteiger partial charge is 0.497 e. The number of hydrogen-bond donors (Lipinski definition) is 0. The van der Waals surface area contributed by atoms with Crippen LogP contribution in [-0.4, -0.2) is 29.6 Å². The van der Waals surface area contributed by atoms with Gasteiger partial charge in [0.2, 0.25) is 0 Å². The molecule has 1 atom stereocenters. The monoisotopic (exact) mass is 349 g/mol. The molecule has 2 aliphatic rings. The molecule has 0 radical (unpaired) electrons. The minimum atomic E-state index is -0.573. The van der Waals surface area contributed by atoms with Gasteiger partial charge in [0, 0.05) is 6.08 Å². The van der Waals surface area contributed by atoms with E-state index in [1.165, 1.54) is 11.0 Å². The molecule has 0 aromatic heterocycles. The summed E-state index contributed by atoms with van der Waals surface area (Å²) in [5.41, 5.74) is 1.18. The van der Waals surface area contributed by atoms with E-state index < -0.39 is 11.7 Å². The number of ether oxygens (including phenoxy) is 2. The quantitative estimate of drug-likeness (QED) is 0.784. The van der Waals surface area contributed by atoms with Crippen molar-refractivity contribution in [1.82, 2.24) is 4.90 Å². The predicted octanol–water partition coefficient (Wildman–Crippen LogP) is 3.96. The van der Waals surface area contributed by atoms with Crippen LogP contribution < -0.4 is 4.74 Å². The predicted molar refractivity (Wildman–Crippen MR) is 96.5 cm³/mol. The van der Waals surface area contributed by atoms with Gasteiger partial charge in [0.1, 0.15) is 17.4 Å². The zero-order valence-corrected chi connectivity index (χ0v) is 14.4. The van der Waals surface area contributed by atoms with Gasteiger partial charge in [-0.2, -0.15) is 0 Å². The number of benzene rings is 2. The minimum absolute atomic E-state index is 0.376. The molecule has 26 heavy (non-hydrogen) atoms. The maximum Gasteiger partial charge on any atom is 0.418 e. The molecule has 1 saturated heterocycles. The van der Waals surface area contributed by atoms with E-state index in [4.69, 9.17) is 9.47 Å². The number of carbonyl (C=O) groups excluding carboxylic acids is 2. The van der Waals surface area contributed by atoms with Gasteiger partial charge < -0.3 is 9.47 Å². The average molecular weight is 349 g/mol. The van der Waals surface area contributed by atoms with Crippen LogP contribution in [0.3, 0.4) is 0 Å². The first kappa shape index (κ1) is 16.4. The number of nitrogens with zero attached hydrogens (tertiary/aromatic N) is 1. The van der Waals surface area contributed by atoms with Gasteiger partial charge in [-0.05, 0) is 42.2 Å². The molecule has 1 aliphatic heterocycles. The van der Waals surface area contributed by atoms with Crippen molar-refractivity contribution >= 4 is 18.1 Å². The molecule has 4 rings (SSSR count). The van der Waals surface area contributed by atoms with Crippen LogP contribution >= 0.6 is 0 Å². The van der Waals surface area contributed by atoms with E-state index in [1.54, 1.807) is 13.2 Å². The lowest BCUT2D eigenvalue weighted by Gasteiger charge is -2.22. The Bertz CT molecular complexity index is 871. The summed E-state index contributed by atoms with van der Waals surface area (Å²) < 4.78 is 10.7. The standard InChI is InChI=1S/C21H19NO4/c1-25-17-9-5-6-15(14-17)10-11-18(23)22-19(16-7-3-2-4-8-16)21(12-13-21)26-20(22)24/h2-11,14,19H,12-13H2,1H3/b11-10+. The van der Waals surface area contributed by atoms with Gasteiger partial charge in [-0.15, -0.1) is 0 Å². The number of rotatable bonds is 4. The summed E-state index contributed by atoms with van der Waals surface area (Å²) in [4.78, 5) is 26.4. The molecule has 2 aromatic carbocycles. The van der Waals surface area contributed by atoms with E-state index in [-0.39, 0.29) is 11.9 Å². The van der Waals surface area contributed by atoms with Crippen LogP contribution in [0.15, 0.2) is 60.7 Å². The molecule has 1 aliphatic carbocycles. The average Bonchev–Trinajstić information content (AvgIpc) is 3.37. The van der Waals surface area contributed by atoms with Crippen molar-refractivity contribution in [2.45, 2.75) is 24.5 Å². The van der Waals surface area contributed by atoms with Gasteiger partial charge >= 0.3 is 6.09 Å². The van der Waals surface area contributed by atoms with Crippen molar-refractivity contribution in [2.75, 3.05) is 7.11 Å². The lowest BCUT2D eigenvalue weighted by molar-refractivity contribution is -0.124. The van der Waals surface area contributed by atoms with Crippen LogP contribution in [0, 0.1) is 0 Å². The Balaban J connectivity index is 1.61. The Labute approximate surface area is 151 Å². The van der Waals surface area contributed by atoms with E-state index in [0.717, 1.165) is 24.0 Å². The fraction of sp³-hybridized carbons (Fsp3) is 0.238. The van der Waals surface area contributed by atoms with Crippen molar-refractivity contribution in [2.24, 2.45) is 0 Å². The summed E-state index contributed by atoms with van der Waals surface area (Å²) in [6.45, 7) is 0. The molecule has 2 amide bonds. The van der Waals surface area contributed by atoms with Crippen LogP contribution in [-0.2, 0) is 9.53 Å². The minimum Gasteiger partial charge on any atom is -0.497 e. The highest BCUT2D eigenvalue weighted by molar-refractivity contribution is 6.02. The van der Waals surface area contributed by atoms with E-state index in [1.807, 2.05) is 54.6 Å². The smallest absolute Gasteiger partial charge is 0.418 e. The van der Waals surface area contributed by atoms with Crippen LogP contribution in [0.4, 0.5) is 4.79 Å². The molecule has 1 unspecified atom stereocenters. The zero-order valence-electron chi connectivity index (χ0n) is 14.4. The Hall–Kier alpha value is -3.08. The van der Waals surface area contributed by atoms with E-state index in [2.05, 4.69) is 0 Å². The summed E-state index contributed by atoms with van der Waals surface area (Å²) in [7, 11) is 1.59. The van der Waals surface area contributed by atoms with Gasteiger partial charge in [0.15, 0.2) is 0 Å². The zero-order chi connectivity index (χ0) is 18.1. The summed E-state index contributed by atoms with van der Waals surface area (Å²) in [6, 6.07) is 16.6. The molecule has 0 N–H and O–H groups in total. The second kappa shape index (κ2) is 6.33. The number of carbonyl (C=O) groups is 2. The SMILES string of the molecule is COc1cccc(/C=C/C(=O)N2C(=O)OC3(CC3)C2c2ccccc2)c1. The van der Waals surface area contributed by atoms with Crippen LogP contribution in [0.5, 0.6) is 5.75 Å². The van der Waals surface area contributed by atoms with Crippen LogP contribution in [0.2, 0.25) is 0 Å². The molecule has 5 heteroatoms. The van der Waals surface area contributed by atoms with Crippen LogP contribution in [0.1, 0.15) is 30.0 Å². The molecule has 1 saturated carbocycles. The van der Waals surface area contributed by atoms with Gasteiger partial charge in [-0.1, -0.05) is 42.5 Å². The first-order chi connectivity index (χ1) is 12.6. The van der Waals surface area contributed by atoms with Crippen molar-refractivity contribution in [3.8, 4) is 5.75 Å². The maximum absolute atomic E-state index is 12.8. The van der Waals surface area contributed by atoms with Crippen LogP contribution in [0.25, 0.3) is 6.08 Å². The van der Waals surface area contributed by atoms with Crippen molar-refractivity contribution < 1.29 is 19.1 Å². The number of hydrogen-bond acceptors (Lipinski definition) is 4.